The van der Waals surface area contributed by atoms with Crippen molar-refractivity contribution in [3.63, 3.8) is 0 Å². The molecule has 0 heterocycles. The van der Waals surface area contributed by atoms with E-state index in [2.05, 4.69) is 37.3 Å². The van der Waals surface area contributed by atoms with Gasteiger partial charge in [0.25, 0.3) is 0 Å². The molecule has 0 fully saturated rings. The average molecular weight is 205 g/mol. The van der Waals surface area contributed by atoms with Crippen LogP contribution in [0.5, 0.6) is 5.75 Å². The number of hydrogen-bond donors (Lipinski definition) is 0. The molecule has 2 heteroatoms. The van der Waals surface area contributed by atoms with Gasteiger partial charge in [-0.2, -0.15) is 0 Å². The number of hydrogen-bond acceptors (Lipinski definition) is 1. The van der Waals surface area contributed by atoms with Crippen LogP contribution in [0.4, 0.5) is 0 Å². The van der Waals surface area contributed by atoms with Crippen LogP contribution >= 0.6 is 0 Å². The summed E-state index contributed by atoms with van der Waals surface area (Å²) in [6.07, 6.45) is 3.20. The van der Waals surface area contributed by atoms with Gasteiger partial charge >= 0.3 is 10.5 Å². The van der Waals surface area contributed by atoms with Gasteiger partial charge in [-0.3, -0.25) is 0 Å². The van der Waals surface area contributed by atoms with E-state index >= 15 is 0 Å². The van der Waals surface area contributed by atoms with Crippen molar-refractivity contribution >= 4 is 10.5 Å². The van der Waals surface area contributed by atoms with Gasteiger partial charge in [-0.05, 0) is 42.0 Å². The molecule has 0 aliphatic carbocycles. The largest absolute Gasteiger partial charge is 0.540 e. The van der Waals surface area contributed by atoms with Gasteiger partial charge in [-0.15, -0.1) is 0 Å². The molecule has 0 aliphatic rings. The molecule has 0 unspecified atom stereocenters. The van der Waals surface area contributed by atoms with E-state index in [0.29, 0.717) is 0 Å². The maximum absolute atomic E-state index is 5.18. The van der Waals surface area contributed by atoms with Crippen LogP contribution in [0.15, 0.2) is 12.1 Å². The lowest BCUT2D eigenvalue weighted by Gasteiger charge is -2.15. The van der Waals surface area contributed by atoms with Crippen molar-refractivity contribution in [3.05, 3.63) is 28.8 Å². The maximum Gasteiger partial charge on any atom is 0.341 e. The third-order valence-electron chi connectivity index (χ3n) is 2.68. The lowest BCUT2D eigenvalue weighted by atomic mass is 9.95. The zero-order valence-electron chi connectivity index (χ0n) is 9.18. The van der Waals surface area contributed by atoms with Crippen LogP contribution in [0.1, 0.15) is 37.5 Å². The Bertz CT molecular complexity index is 276. The van der Waals surface area contributed by atoms with Crippen molar-refractivity contribution in [3.8, 4) is 5.75 Å². The summed E-state index contributed by atoms with van der Waals surface area (Å²) in [6.45, 7) is 6.57. The number of benzene rings is 1. The SMILES string of the molecule is CCc1ccc(O[Si])c(CC)c1CC. The van der Waals surface area contributed by atoms with E-state index in [1.165, 1.54) is 16.7 Å². The Balaban J connectivity index is 3.28. The van der Waals surface area contributed by atoms with Gasteiger partial charge in [0.15, 0.2) is 0 Å². The molecule has 1 rings (SSSR count). The predicted octanol–water partition coefficient (Wildman–Crippen LogP) is 2.84. The van der Waals surface area contributed by atoms with E-state index in [9.17, 15) is 0 Å². The average Bonchev–Trinajstić information content (AvgIpc) is 2.26. The van der Waals surface area contributed by atoms with Crippen molar-refractivity contribution < 1.29 is 4.43 Å². The topological polar surface area (TPSA) is 9.23 Å². The second-order valence-corrected chi connectivity index (χ2v) is 3.55. The quantitative estimate of drug-likeness (QED) is 0.687. The van der Waals surface area contributed by atoms with E-state index in [0.717, 1.165) is 25.0 Å². The Labute approximate surface area is 90.0 Å². The van der Waals surface area contributed by atoms with Crippen LogP contribution in [0.2, 0.25) is 0 Å². The Morgan fingerprint density at radius 3 is 2.07 bits per heavy atom. The summed E-state index contributed by atoms with van der Waals surface area (Å²) < 4.78 is 5.18. The summed E-state index contributed by atoms with van der Waals surface area (Å²) >= 11 is 0. The first-order chi connectivity index (χ1) is 6.78. The van der Waals surface area contributed by atoms with Crippen molar-refractivity contribution in [2.75, 3.05) is 0 Å². The van der Waals surface area contributed by atoms with Crippen LogP contribution in [0, 0.1) is 0 Å². The van der Waals surface area contributed by atoms with Gasteiger partial charge in [0.05, 0.1) is 0 Å². The summed E-state index contributed by atoms with van der Waals surface area (Å²) in [5, 5.41) is 0. The molecule has 1 aromatic carbocycles. The van der Waals surface area contributed by atoms with Crippen molar-refractivity contribution in [1.82, 2.24) is 0 Å². The molecule has 1 nitrogen and oxygen atoms in total. The van der Waals surface area contributed by atoms with E-state index in [-0.39, 0.29) is 0 Å². The molecule has 0 N–H and O–H groups in total. The van der Waals surface area contributed by atoms with E-state index < -0.39 is 0 Å². The molecule has 75 valence electrons. The molecule has 0 amide bonds. The highest BCUT2D eigenvalue weighted by Crippen LogP contribution is 2.26. The second-order valence-electron chi connectivity index (χ2n) is 3.34. The normalized spacial score (nSPS) is 10.3. The smallest absolute Gasteiger partial charge is 0.341 e. The fraction of sp³-hybridized carbons (Fsp3) is 0.500. The molecular formula is C12H17OSi. The Kier molecular flexibility index (Phi) is 4.20. The molecule has 0 bridgehead atoms. The molecule has 0 spiro atoms. The standard InChI is InChI=1S/C12H17OSi/c1-4-9-7-8-12(13-14)11(6-3)10(9)5-2/h7-8H,4-6H2,1-3H3. The molecular weight excluding hydrogens is 188 g/mol. The zero-order chi connectivity index (χ0) is 10.6. The molecule has 1 aromatic rings. The number of rotatable bonds is 4. The monoisotopic (exact) mass is 205 g/mol. The van der Waals surface area contributed by atoms with Gasteiger partial charge in [-0.1, -0.05) is 26.8 Å². The minimum Gasteiger partial charge on any atom is -0.540 e. The van der Waals surface area contributed by atoms with Crippen molar-refractivity contribution in [2.45, 2.75) is 40.0 Å². The van der Waals surface area contributed by atoms with Crippen LogP contribution in [0.3, 0.4) is 0 Å². The third kappa shape index (κ3) is 2.00. The van der Waals surface area contributed by atoms with Crippen LogP contribution in [-0.4, -0.2) is 10.5 Å². The minimum atomic E-state index is 0.957. The molecule has 0 atom stereocenters. The maximum atomic E-state index is 5.18. The lowest BCUT2D eigenvalue weighted by Crippen LogP contribution is -2.01. The van der Waals surface area contributed by atoms with Crippen LogP contribution in [-0.2, 0) is 19.3 Å². The zero-order valence-corrected chi connectivity index (χ0v) is 10.2. The van der Waals surface area contributed by atoms with Gasteiger partial charge in [0, 0.05) is 0 Å². The Hall–Kier alpha value is -0.763. The fourth-order valence-electron chi connectivity index (χ4n) is 1.97. The van der Waals surface area contributed by atoms with E-state index in [1.54, 1.807) is 0 Å². The van der Waals surface area contributed by atoms with Crippen LogP contribution in [0.25, 0.3) is 0 Å². The van der Waals surface area contributed by atoms with Crippen LogP contribution < -0.4 is 4.43 Å². The molecule has 3 radical (unpaired) electrons. The third-order valence-corrected chi connectivity index (χ3v) is 2.90. The Morgan fingerprint density at radius 1 is 1.00 bits per heavy atom. The molecule has 0 aromatic heterocycles. The highest BCUT2D eigenvalue weighted by atomic mass is 28.2. The fourth-order valence-corrected chi connectivity index (χ4v) is 2.17. The number of aryl methyl sites for hydroxylation is 1. The van der Waals surface area contributed by atoms with Crippen molar-refractivity contribution in [2.24, 2.45) is 0 Å². The molecule has 0 saturated carbocycles. The molecule has 14 heavy (non-hydrogen) atoms. The van der Waals surface area contributed by atoms with Gasteiger partial charge in [0.2, 0.25) is 0 Å². The summed E-state index contributed by atoms with van der Waals surface area (Å²) in [5.41, 5.74) is 4.23. The van der Waals surface area contributed by atoms with Gasteiger partial charge < -0.3 is 4.43 Å². The summed E-state index contributed by atoms with van der Waals surface area (Å²) in [4.78, 5) is 0. The second kappa shape index (κ2) is 5.20. The van der Waals surface area contributed by atoms with E-state index in [1.807, 2.05) is 6.07 Å². The first kappa shape index (κ1) is 11.3. The first-order valence-corrected chi connectivity index (χ1v) is 5.66. The highest BCUT2D eigenvalue weighted by Gasteiger charge is 2.09. The molecule has 0 saturated heterocycles. The summed E-state index contributed by atoms with van der Waals surface area (Å²) in [7, 11) is 3.11. The summed E-state index contributed by atoms with van der Waals surface area (Å²) in [5.74, 6) is 0.957. The Morgan fingerprint density at radius 2 is 1.64 bits per heavy atom. The summed E-state index contributed by atoms with van der Waals surface area (Å²) in [6, 6.07) is 4.21. The first-order valence-electron chi connectivity index (χ1n) is 5.25. The lowest BCUT2D eigenvalue weighted by molar-refractivity contribution is 0.603. The van der Waals surface area contributed by atoms with Crippen molar-refractivity contribution in [1.29, 1.82) is 0 Å². The molecule has 0 aliphatic heterocycles. The minimum absolute atomic E-state index is 0.957. The van der Waals surface area contributed by atoms with Gasteiger partial charge in [0.1, 0.15) is 5.75 Å². The van der Waals surface area contributed by atoms with E-state index in [4.69, 9.17) is 4.43 Å². The highest BCUT2D eigenvalue weighted by molar-refractivity contribution is 6.00. The predicted molar refractivity (Wildman–Crippen MR) is 61.0 cm³/mol. The van der Waals surface area contributed by atoms with Gasteiger partial charge in [-0.25, -0.2) is 0 Å².